The molecular formula is C21H20N4O3S. The van der Waals surface area contributed by atoms with E-state index in [1.165, 1.54) is 23.9 Å². The first-order chi connectivity index (χ1) is 14.0. The molecule has 1 amide bonds. The quantitative estimate of drug-likeness (QED) is 0.253. The summed E-state index contributed by atoms with van der Waals surface area (Å²) in [5, 5.41) is 14.6. The summed E-state index contributed by atoms with van der Waals surface area (Å²) in [5.41, 5.74) is 3.30. The zero-order valence-electron chi connectivity index (χ0n) is 15.9. The molecule has 8 heteroatoms. The van der Waals surface area contributed by atoms with Crippen LogP contribution in [-0.2, 0) is 11.3 Å². The summed E-state index contributed by atoms with van der Waals surface area (Å²) in [5.74, 6) is 0.0556. The van der Waals surface area contributed by atoms with Gasteiger partial charge in [-0.15, -0.1) is 6.58 Å². The maximum atomic E-state index is 12.3. The van der Waals surface area contributed by atoms with Gasteiger partial charge in [0.15, 0.2) is 5.16 Å². The molecule has 0 spiro atoms. The normalized spacial score (nSPS) is 10.5. The maximum Gasteiger partial charge on any atom is 0.270 e. The topological polar surface area (TPSA) is 90.1 Å². The molecule has 148 valence electrons. The Hall–Kier alpha value is -3.39. The van der Waals surface area contributed by atoms with Gasteiger partial charge in [0, 0.05) is 29.9 Å². The summed E-state index contributed by atoms with van der Waals surface area (Å²) in [6.45, 7) is 6.23. The first kappa shape index (κ1) is 20.3. The van der Waals surface area contributed by atoms with Crippen LogP contribution in [0, 0.1) is 17.0 Å². The van der Waals surface area contributed by atoms with E-state index in [-0.39, 0.29) is 17.3 Å². The van der Waals surface area contributed by atoms with E-state index in [0.717, 1.165) is 16.9 Å². The number of rotatable bonds is 8. The van der Waals surface area contributed by atoms with Crippen LogP contribution in [0.5, 0.6) is 0 Å². The summed E-state index contributed by atoms with van der Waals surface area (Å²) in [6.07, 6.45) is 3.38. The van der Waals surface area contributed by atoms with Crippen LogP contribution in [0.2, 0.25) is 0 Å². The monoisotopic (exact) mass is 408 g/mol. The molecule has 1 heterocycles. The van der Waals surface area contributed by atoms with Gasteiger partial charge in [0.1, 0.15) is 0 Å². The Balaban J connectivity index is 1.75. The van der Waals surface area contributed by atoms with Gasteiger partial charge in [-0.3, -0.25) is 14.9 Å². The molecule has 1 N–H and O–H groups in total. The second kappa shape index (κ2) is 9.20. The fourth-order valence-electron chi connectivity index (χ4n) is 2.75. The van der Waals surface area contributed by atoms with E-state index in [4.69, 9.17) is 0 Å². The van der Waals surface area contributed by atoms with Crippen molar-refractivity contribution in [2.75, 3.05) is 11.1 Å². The number of benzene rings is 2. The average molecular weight is 408 g/mol. The lowest BCUT2D eigenvalue weighted by molar-refractivity contribution is -0.384. The molecule has 29 heavy (non-hydrogen) atoms. The van der Waals surface area contributed by atoms with Crippen molar-refractivity contribution in [2.45, 2.75) is 18.6 Å². The minimum absolute atomic E-state index is 0.0144. The molecule has 0 aliphatic carbocycles. The number of imidazole rings is 1. The number of aromatic nitrogens is 2. The Morgan fingerprint density at radius 3 is 2.76 bits per heavy atom. The van der Waals surface area contributed by atoms with Gasteiger partial charge in [0.25, 0.3) is 5.69 Å². The van der Waals surface area contributed by atoms with Crippen molar-refractivity contribution < 1.29 is 9.72 Å². The van der Waals surface area contributed by atoms with E-state index >= 15 is 0 Å². The summed E-state index contributed by atoms with van der Waals surface area (Å²) < 4.78 is 1.88. The highest BCUT2D eigenvalue weighted by atomic mass is 32.2. The number of hydrogen-bond donors (Lipinski definition) is 1. The molecule has 0 saturated heterocycles. The second-order valence-electron chi connectivity index (χ2n) is 6.34. The van der Waals surface area contributed by atoms with Crippen LogP contribution >= 0.6 is 11.8 Å². The fraction of sp³-hybridized carbons (Fsp3) is 0.143. The number of carbonyl (C=O) groups excluding carboxylic acids is 1. The Bertz CT molecular complexity index is 1040. The summed E-state index contributed by atoms with van der Waals surface area (Å²) in [7, 11) is 0. The molecule has 0 aliphatic rings. The Kier molecular flexibility index (Phi) is 6.46. The van der Waals surface area contributed by atoms with Gasteiger partial charge in [-0.05, 0) is 19.1 Å². The Morgan fingerprint density at radius 2 is 2.07 bits per heavy atom. The molecule has 0 bridgehead atoms. The van der Waals surface area contributed by atoms with Gasteiger partial charge in [-0.1, -0.05) is 47.7 Å². The van der Waals surface area contributed by atoms with E-state index in [0.29, 0.717) is 17.3 Å². The highest BCUT2D eigenvalue weighted by molar-refractivity contribution is 7.99. The van der Waals surface area contributed by atoms with Gasteiger partial charge < -0.3 is 9.88 Å². The standard InChI is InChI=1S/C21H20N4O3S/c1-3-11-24-19(16-5-4-6-18(12-16)25(27)28)13-22-21(24)29-14-20(26)23-17-9-7-15(2)8-10-17/h3-10,12-13H,1,11,14H2,2H3,(H,23,26). The number of amides is 1. The van der Waals surface area contributed by atoms with Crippen molar-refractivity contribution in [1.82, 2.24) is 9.55 Å². The number of anilines is 1. The highest BCUT2D eigenvalue weighted by Crippen LogP contribution is 2.28. The molecule has 1 aromatic heterocycles. The smallest absolute Gasteiger partial charge is 0.270 e. The number of allylic oxidation sites excluding steroid dienone is 1. The minimum atomic E-state index is -0.428. The van der Waals surface area contributed by atoms with Crippen molar-refractivity contribution in [3.8, 4) is 11.3 Å². The molecule has 0 aliphatic heterocycles. The molecule has 0 saturated carbocycles. The van der Waals surface area contributed by atoms with E-state index in [2.05, 4.69) is 16.9 Å². The molecule has 2 aromatic carbocycles. The Labute approximate surface area is 172 Å². The lowest BCUT2D eigenvalue weighted by Crippen LogP contribution is -2.14. The van der Waals surface area contributed by atoms with Gasteiger partial charge in [-0.25, -0.2) is 4.98 Å². The predicted molar refractivity (Wildman–Crippen MR) is 115 cm³/mol. The molecule has 0 unspecified atom stereocenters. The van der Waals surface area contributed by atoms with Gasteiger partial charge in [-0.2, -0.15) is 0 Å². The van der Waals surface area contributed by atoms with Gasteiger partial charge >= 0.3 is 0 Å². The molecule has 7 nitrogen and oxygen atoms in total. The molecule has 0 radical (unpaired) electrons. The van der Waals surface area contributed by atoms with Crippen LogP contribution in [0.15, 0.2) is 72.5 Å². The molecule has 3 aromatic rings. The minimum Gasteiger partial charge on any atom is -0.325 e. The molecular weight excluding hydrogens is 388 g/mol. The third kappa shape index (κ3) is 5.11. The number of aryl methyl sites for hydroxylation is 1. The third-order valence-corrected chi connectivity index (χ3v) is 5.14. The first-order valence-electron chi connectivity index (χ1n) is 8.88. The number of nitrogens with zero attached hydrogens (tertiary/aromatic N) is 3. The van der Waals surface area contributed by atoms with Gasteiger partial charge in [0.05, 0.1) is 22.6 Å². The van der Waals surface area contributed by atoms with Crippen molar-refractivity contribution >= 4 is 29.0 Å². The highest BCUT2D eigenvalue weighted by Gasteiger charge is 2.15. The number of hydrogen-bond acceptors (Lipinski definition) is 5. The van der Waals surface area contributed by atoms with E-state index < -0.39 is 4.92 Å². The second-order valence-corrected chi connectivity index (χ2v) is 7.28. The van der Waals surface area contributed by atoms with E-state index in [1.54, 1.807) is 24.4 Å². The number of nitro groups is 1. The third-order valence-electron chi connectivity index (χ3n) is 4.15. The number of non-ortho nitro benzene ring substituents is 1. The van der Waals surface area contributed by atoms with E-state index in [9.17, 15) is 14.9 Å². The van der Waals surface area contributed by atoms with Crippen LogP contribution in [0.25, 0.3) is 11.3 Å². The zero-order chi connectivity index (χ0) is 20.8. The largest absolute Gasteiger partial charge is 0.325 e. The van der Waals surface area contributed by atoms with Crippen LogP contribution in [0.1, 0.15) is 5.56 Å². The van der Waals surface area contributed by atoms with Crippen LogP contribution in [0.4, 0.5) is 11.4 Å². The molecule has 0 fully saturated rings. The molecule has 3 rings (SSSR count). The summed E-state index contributed by atoms with van der Waals surface area (Å²) >= 11 is 1.30. The fourth-order valence-corrected chi connectivity index (χ4v) is 3.54. The van der Waals surface area contributed by atoms with Crippen LogP contribution < -0.4 is 5.32 Å². The van der Waals surface area contributed by atoms with Crippen LogP contribution in [-0.4, -0.2) is 26.1 Å². The van der Waals surface area contributed by atoms with Crippen molar-refractivity contribution in [2.24, 2.45) is 0 Å². The van der Waals surface area contributed by atoms with Crippen molar-refractivity contribution in [1.29, 1.82) is 0 Å². The number of nitrogens with one attached hydrogen (secondary N) is 1. The van der Waals surface area contributed by atoms with Crippen molar-refractivity contribution in [3.63, 3.8) is 0 Å². The Morgan fingerprint density at radius 1 is 1.31 bits per heavy atom. The number of thioether (sulfide) groups is 1. The number of carbonyl (C=O) groups is 1. The summed E-state index contributed by atoms with van der Waals surface area (Å²) in [6, 6.07) is 14.0. The average Bonchev–Trinajstić information content (AvgIpc) is 3.11. The molecule has 0 atom stereocenters. The first-order valence-corrected chi connectivity index (χ1v) is 9.87. The lowest BCUT2D eigenvalue weighted by atomic mass is 10.1. The zero-order valence-corrected chi connectivity index (χ0v) is 16.7. The SMILES string of the molecule is C=CCn1c(-c2cccc([N+](=O)[O-])c2)cnc1SCC(=O)Nc1ccc(C)cc1. The predicted octanol–water partition coefficient (Wildman–Crippen LogP) is 4.68. The number of nitro benzene ring substituents is 1. The maximum absolute atomic E-state index is 12.3. The lowest BCUT2D eigenvalue weighted by Gasteiger charge is -2.10. The van der Waals surface area contributed by atoms with Gasteiger partial charge in [0.2, 0.25) is 5.91 Å². The van der Waals surface area contributed by atoms with Crippen molar-refractivity contribution in [3.05, 3.63) is 83.1 Å². The summed E-state index contributed by atoms with van der Waals surface area (Å²) in [4.78, 5) is 27.3. The van der Waals surface area contributed by atoms with E-state index in [1.807, 2.05) is 35.8 Å². The van der Waals surface area contributed by atoms with Crippen LogP contribution in [0.3, 0.4) is 0 Å².